The molecule has 4 nitrogen and oxygen atoms in total. The number of hydrogen-bond acceptors (Lipinski definition) is 2. The van der Waals surface area contributed by atoms with Crippen LogP contribution in [0.5, 0.6) is 0 Å². The second-order valence-corrected chi connectivity index (χ2v) is 6.70. The van der Waals surface area contributed by atoms with Gasteiger partial charge < -0.3 is 15.5 Å². The van der Waals surface area contributed by atoms with E-state index in [2.05, 4.69) is 15.5 Å². The number of urea groups is 1. The molecule has 1 atom stereocenters. The highest BCUT2D eigenvalue weighted by molar-refractivity contribution is 6.30. The first-order chi connectivity index (χ1) is 12.1. The smallest absolute Gasteiger partial charge is 0.315 e. The molecule has 2 N–H and O–H groups in total. The molecule has 1 fully saturated rings. The minimum absolute atomic E-state index is 0.171. The molecule has 1 unspecified atom stereocenters. The summed E-state index contributed by atoms with van der Waals surface area (Å²) >= 11 is 5.84. The van der Waals surface area contributed by atoms with Gasteiger partial charge in [0, 0.05) is 36.9 Å². The van der Waals surface area contributed by atoms with E-state index in [1.807, 2.05) is 12.1 Å². The van der Waals surface area contributed by atoms with E-state index in [0.29, 0.717) is 24.0 Å². The van der Waals surface area contributed by atoms with Crippen molar-refractivity contribution in [1.82, 2.24) is 10.6 Å². The van der Waals surface area contributed by atoms with Crippen LogP contribution in [0.1, 0.15) is 12.0 Å². The molecule has 25 heavy (non-hydrogen) atoms. The summed E-state index contributed by atoms with van der Waals surface area (Å²) in [4.78, 5) is 14.1. The molecule has 1 heterocycles. The molecule has 3 rings (SSSR count). The van der Waals surface area contributed by atoms with Crippen LogP contribution >= 0.6 is 11.6 Å². The molecular weight excluding hydrogens is 341 g/mol. The van der Waals surface area contributed by atoms with Gasteiger partial charge in [-0.25, -0.2) is 9.18 Å². The molecule has 0 radical (unpaired) electrons. The summed E-state index contributed by atoms with van der Waals surface area (Å²) < 4.78 is 13.0. The molecule has 0 aromatic heterocycles. The van der Waals surface area contributed by atoms with E-state index in [1.165, 1.54) is 12.1 Å². The fourth-order valence-corrected chi connectivity index (χ4v) is 3.10. The molecular formula is C19H21ClFN3O. The Morgan fingerprint density at radius 3 is 2.56 bits per heavy atom. The number of carbonyl (C=O) groups excluding carboxylic acids is 1. The van der Waals surface area contributed by atoms with Crippen LogP contribution in [0.25, 0.3) is 0 Å². The lowest BCUT2D eigenvalue weighted by Crippen LogP contribution is -2.38. The van der Waals surface area contributed by atoms with E-state index in [4.69, 9.17) is 11.6 Å². The van der Waals surface area contributed by atoms with Crippen LogP contribution in [0.2, 0.25) is 5.02 Å². The van der Waals surface area contributed by atoms with Gasteiger partial charge in [0.05, 0.1) is 0 Å². The van der Waals surface area contributed by atoms with Crippen LogP contribution in [0.4, 0.5) is 14.9 Å². The highest BCUT2D eigenvalue weighted by Crippen LogP contribution is 2.23. The van der Waals surface area contributed by atoms with Gasteiger partial charge in [-0.05, 0) is 54.3 Å². The molecule has 1 aliphatic rings. The van der Waals surface area contributed by atoms with Crippen molar-refractivity contribution in [3.05, 3.63) is 64.9 Å². The maximum Gasteiger partial charge on any atom is 0.315 e. The molecule has 2 amide bonds. The molecule has 2 aromatic rings. The minimum Gasteiger partial charge on any atom is -0.371 e. The highest BCUT2D eigenvalue weighted by Gasteiger charge is 2.23. The average molecular weight is 362 g/mol. The Morgan fingerprint density at radius 1 is 1.12 bits per heavy atom. The lowest BCUT2D eigenvalue weighted by molar-refractivity contribution is 0.239. The second-order valence-electron chi connectivity index (χ2n) is 6.27. The van der Waals surface area contributed by atoms with Gasteiger partial charge in [-0.2, -0.15) is 0 Å². The van der Waals surface area contributed by atoms with Crippen LogP contribution in [-0.4, -0.2) is 25.7 Å². The predicted octanol–water partition coefficient (Wildman–Crippen LogP) is 3.80. The van der Waals surface area contributed by atoms with Gasteiger partial charge in [-0.1, -0.05) is 23.7 Å². The van der Waals surface area contributed by atoms with Crippen molar-refractivity contribution < 1.29 is 9.18 Å². The molecule has 0 spiro atoms. The second kappa shape index (κ2) is 8.21. The van der Waals surface area contributed by atoms with Gasteiger partial charge in [0.15, 0.2) is 0 Å². The Labute approximate surface area is 152 Å². The van der Waals surface area contributed by atoms with E-state index >= 15 is 0 Å². The van der Waals surface area contributed by atoms with Gasteiger partial charge in [0.25, 0.3) is 0 Å². The quantitative estimate of drug-likeness (QED) is 0.850. The predicted molar refractivity (Wildman–Crippen MR) is 98.4 cm³/mol. The van der Waals surface area contributed by atoms with Crippen molar-refractivity contribution in [2.75, 3.05) is 24.5 Å². The summed E-state index contributed by atoms with van der Waals surface area (Å²) in [5.74, 6) is 0.171. The third-order valence-corrected chi connectivity index (χ3v) is 4.65. The number of nitrogens with one attached hydrogen (secondary N) is 2. The minimum atomic E-state index is -0.224. The summed E-state index contributed by atoms with van der Waals surface area (Å²) in [5.41, 5.74) is 2.03. The summed E-state index contributed by atoms with van der Waals surface area (Å²) in [6.07, 6.45) is 1.01. The molecule has 0 aliphatic carbocycles. The van der Waals surface area contributed by atoms with Gasteiger partial charge in [-0.15, -0.1) is 0 Å². The third kappa shape index (κ3) is 5.10. The van der Waals surface area contributed by atoms with Gasteiger partial charge in [-0.3, -0.25) is 0 Å². The third-order valence-electron chi connectivity index (χ3n) is 4.40. The summed E-state index contributed by atoms with van der Waals surface area (Å²) in [6, 6.07) is 13.8. The van der Waals surface area contributed by atoms with Crippen LogP contribution in [-0.2, 0) is 6.54 Å². The van der Waals surface area contributed by atoms with Crippen molar-refractivity contribution in [3.8, 4) is 0 Å². The van der Waals surface area contributed by atoms with Crippen molar-refractivity contribution in [2.24, 2.45) is 5.92 Å². The molecule has 132 valence electrons. The SMILES string of the molecule is O=C(NCc1ccc(Cl)cc1)NCC1CCN(c2ccc(F)cc2)C1. The molecule has 0 bridgehead atoms. The van der Waals surface area contributed by atoms with E-state index in [1.54, 1.807) is 24.3 Å². The van der Waals surface area contributed by atoms with Crippen molar-refractivity contribution in [2.45, 2.75) is 13.0 Å². The first kappa shape index (κ1) is 17.5. The lowest BCUT2D eigenvalue weighted by atomic mass is 10.1. The summed E-state index contributed by atoms with van der Waals surface area (Å²) in [5, 5.41) is 6.45. The van der Waals surface area contributed by atoms with E-state index in [0.717, 1.165) is 30.8 Å². The van der Waals surface area contributed by atoms with E-state index in [9.17, 15) is 9.18 Å². The summed E-state index contributed by atoms with van der Waals surface area (Å²) in [7, 11) is 0. The summed E-state index contributed by atoms with van der Waals surface area (Å²) in [6.45, 7) is 2.88. The Bertz CT molecular complexity index is 706. The van der Waals surface area contributed by atoms with Crippen LogP contribution in [0.3, 0.4) is 0 Å². The number of amides is 2. The Balaban J connectivity index is 1.39. The molecule has 1 saturated heterocycles. The number of anilines is 1. The van der Waals surface area contributed by atoms with Gasteiger partial charge >= 0.3 is 6.03 Å². The van der Waals surface area contributed by atoms with Gasteiger partial charge in [0.2, 0.25) is 0 Å². The van der Waals surface area contributed by atoms with Crippen LogP contribution in [0, 0.1) is 11.7 Å². The Hall–Kier alpha value is -2.27. The standard InChI is InChI=1S/C19H21ClFN3O/c20-16-3-1-14(2-4-16)11-22-19(25)23-12-15-9-10-24(13-15)18-7-5-17(21)6-8-18/h1-8,15H,9-13H2,(H2,22,23,25). The lowest BCUT2D eigenvalue weighted by Gasteiger charge is -2.19. The zero-order chi connectivity index (χ0) is 17.6. The highest BCUT2D eigenvalue weighted by atomic mass is 35.5. The molecule has 0 saturated carbocycles. The monoisotopic (exact) mass is 361 g/mol. The number of carbonyl (C=O) groups is 1. The average Bonchev–Trinajstić information content (AvgIpc) is 3.09. The zero-order valence-corrected chi connectivity index (χ0v) is 14.6. The van der Waals surface area contributed by atoms with E-state index < -0.39 is 0 Å². The Kier molecular flexibility index (Phi) is 5.76. The normalized spacial score (nSPS) is 16.7. The first-order valence-corrected chi connectivity index (χ1v) is 8.74. The Morgan fingerprint density at radius 2 is 1.84 bits per heavy atom. The molecule has 2 aromatic carbocycles. The largest absolute Gasteiger partial charge is 0.371 e. The molecule has 1 aliphatic heterocycles. The van der Waals surface area contributed by atoms with E-state index in [-0.39, 0.29) is 11.8 Å². The van der Waals surface area contributed by atoms with Crippen molar-refractivity contribution >= 4 is 23.3 Å². The number of benzene rings is 2. The van der Waals surface area contributed by atoms with Gasteiger partial charge in [0.1, 0.15) is 5.82 Å². The maximum atomic E-state index is 13.0. The maximum absolute atomic E-state index is 13.0. The van der Waals surface area contributed by atoms with Crippen molar-refractivity contribution in [1.29, 1.82) is 0 Å². The van der Waals surface area contributed by atoms with Crippen LogP contribution in [0.15, 0.2) is 48.5 Å². The number of hydrogen-bond donors (Lipinski definition) is 2. The topological polar surface area (TPSA) is 44.4 Å². The fourth-order valence-electron chi connectivity index (χ4n) is 2.97. The first-order valence-electron chi connectivity index (χ1n) is 8.37. The number of rotatable bonds is 5. The zero-order valence-electron chi connectivity index (χ0n) is 13.8. The van der Waals surface area contributed by atoms with Crippen LogP contribution < -0.4 is 15.5 Å². The number of nitrogens with zero attached hydrogens (tertiary/aromatic N) is 1. The number of halogens is 2. The van der Waals surface area contributed by atoms with Crippen molar-refractivity contribution in [3.63, 3.8) is 0 Å². The fraction of sp³-hybridized carbons (Fsp3) is 0.316. The molecule has 6 heteroatoms.